The van der Waals surface area contributed by atoms with Crippen LogP contribution in [0, 0.1) is 5.92 Å². The van der Waals surface area contributed by atoms with Gasteiger partial charge in [0, 0.05) is 20.1 Å². The van der Waals surface area contributed by atoms with E-state index in [9.17, 15) is 5.11 Å². The highest BCUT2D eigenvalue weighted by atomic mass is 35.5. The van der Waals surface area contributed by atoms with Crippen molar-refractivity contribution >= 4 is 23.1 Å². The predicted molar refractivity (Wildman–Crippen MR) is 68.6 cm³/mol. The number of aliphatic hydroxyl groups excluding tert-OH is 1. The van der Waals surface area contributed by atoms with Crippen molar-refractivity contribution in [3.05, 3.63) is 11.5 Å². The third-order valence-corrected chi connectivity index (χ3v) is 3.54. The first kappa shape index (κ1) is 12.4. The summed E-state index contributed by atoms with van der Waals surface area (Å²) in [5.41, 5.74) is 0.718. The number of aliphatic hydroxyl groups is 1. The van der Waals surface area contributed by atoms with Crippen molar-refractivity contribution in [2.24, 2.45) is 5.92 Å². The van der Waals surface area contributed by atoms with Crippen molar-refractivity contribution in [2.45, 2.75) is 19.4 Å². The van der Waals surface area contributed by atoms with Gasteiger partial charge in [0.15, 0.2) is 11.0 Å². The molecule has 2 heterocycles. The van der Waals surface area contributed by atoms with Gasteiger partial charge in [0.25, 0.3) is 0 Å². The third-order valence-electron chi connectivity index (χ3n) is 3.25. The summed E-state index contributed by atoms with van der Waals surface area (Å²) in [6, 6.07) is 0. The quantitative estimate of drug-likeness (QED) is 0.783. The maximum absolute atomic E-state index is 9.90. The predicted octanol–water partition coefficient (Wildman–Crippen LogP) is 1.38. The summed E-state index contributed by atoms with van der Waals surface area (Å²) in [6.07, 6.45) is 2.08. The van der Waals surface area contributed by atoms with Gasteiger partial charge >= 0.3 is 0 Å². The number of piperidine rings is 1. The Hall–Kier alpha value is -1.07. The van der Waals surface area contributed by atoms with Gasteiger partial charge in [0.1, 0.15) is 12.0 Å². The second-order valence-corrected chi connectivity index (χ2v) is 4.75. The number of hydrogen-bond acceptors (Lipinski definition) is 5. The molecule has 1 aliphatic rings. The molecule has 0 radical (unpaired) electrons. The van der Waals surface area contributed by atoms with E-state index in [1.807, 2.05) is 4.90 Å². The Labute approximate surface area is 106 Å². The fourth-order valence-electron chi connectivity index (χ4n) is 2.05. The van der Waals surface area contributed by atoms with E-state index in [-0.39, 0.29) is 6.10 Å². The van der Waals surface area contributed by atoms with Gasteiger partial charge in [-0.1, -0.05) is 18.5 Å². The molecular weight excluding hydrogens is 240 g/mol. The second kappa shape index (κ2) is 5.06. The lowest BCUT2D eigenvalue weighted by Gasteiger charge is -2.35. The summed E-state index contributed by atoms with van der Waals surface area (Å²) >= 11 is 6.01. The van der Waals surface area contributed by atoms with E-state index in [1.54, 1.807) is 7.05 Å². The fraction of sp³-hybridized carbons (Fsp3) is 0.636. The largest absolute Gasteiger partial charge is 0.391 e. The third kappa shape index (κ3) is 2.45. The highest BCUT2D eigenvalue weighted by Gasteiger charge is 2.26. The van der Waals surface area contributed by atoms with Gasteiger partial charge in [-0.05, 0) is 12.3 Å². The first-order valence-corrected chi connectivity index (χ1v) is 6.12. The second-order valence-electron chi connectivity index (χ2n) is 4.39. The molecule has 6 heteroatoms. The summed E-state index contributed by atoms with van der Waals surface area (Å²) in [4.78, 5) is 10.2. The minimum atomic E-state index is -0.317. The van der Waals surface area contributed by atoms with Crippen molar-refractivity contribution in [2.75, 3.05) is 30.4 Å². The van der Waals surface area contributed by atoms with Crippen LogP contribution in [0.25, 0.3) is 0 Å². The molecule has 94 valence electrons. The van der Waals surface area contributed by atoms with E-state index in [2.05, 4.69) is 22.2 Å². The maximum atomic E-state index is 9.90. The van der Waals surface area contributed by atoms with Gasteiger partial charge in [-0.2, -0.15) is 0 Å². The van der Waals surface area contributed by atoms with E-state index in [4.69, 9.17) is 11.6 Å². The van der Waals surface area contributed by atoms with Gasteiger partial charge in [0.05, 0.1) is 6.10 Å². The molecule has 17 heavy (non-hydrogen) atoms. The van der Waals surface area contributed by atoms with E-state index in [0.717, 1.165) is 24.5 Å². The monoisotopic (exact) mass is 256 g/mol. The van der Waals surface area contributed by atoms with E-state index >= 15 is 0 Å². The van der Waals surface area contributed by atoms with E-state index in [0.29, 0.717) is 17.6 Å². The summed E-state index contributed by atoms with van der Waals surface area (Å²) in [5, 5.41) is 13.3. The number of aromatic nitrogens is 2. The van der Waals surface area contributed by atoms with Crippen LogP contribution in [-0.4, -0.2) is 41.3 Å². The number of halogens is 1. The van der Waals surface area contributed by atoms with Crippen LogP contribution in [0.1, 0.15) is 13.3 Å². The summed E-state index contributed by atoms with van der Waals surface area (Å²) in [5.74, 6) is 1.10. The zero-order valence-electron chi connectivity index (χ0n) is 10.0. The smallest absolute Gasteiger partial charge is 0.157 e. The van der Waals surface area contributed by atoms with Crippen LogP contribution in [0.5, 0.6) is 0 Å². The van der Waals surface area contributed by atoms with Crippen LogP contribution in [0.2, 0.25) is 5.15 Å². The molecule has 1 aromatic rings. The molecule has 0 saturated carbocycles. The van der Waals surface area contributed by atoms with Crippen LogP contribution in [0.4, 0.5) is 11.5 Å². The Morgan fingerprint density at radius 1 is 1.53 bits per heavy atom. The Morgan fingerprint density at radius 3 is 2.94 bits per heavy atom. The van der Waals surface area contributed by atoms with Gasteiger partial charge in [-0.15, -0.1) is 0 Å². The minimum absolute atomic E-state index is 0.317. The normalized spacial score (nSPS) is 24.8. The first-order valence-electron chi connectivity index (χ1n) is 5.74. The highest BCUT2D eigenvalue weighted by Crippen LogP contribution is 2.31. The van der Waals surface area contributed by atoms with Gasteiger partial charge < -0.3 is 15.3 Å². The molecule has 1 saturated heterocycles. The summed E-state index contributed by atoms with van der Waals surface area (Å²) in [6.45, 7) is 3.53. The SMILES string of the molecule is CNc1c(Cl)ncnc1N1CCC(C)C(O)C1. The highest BCUT2D eigenvalue weighted by molar-refractivity contribution is 6.32. The van der Waals surface area contributed by atoms with E-state index in [1.165, 1.54) is 6.33 Å². The van der Waals surface area contributed by atoms with Crippen molar-refractivity contribution in [3.8, 4) is 0 Å². The lowest BCUT2D eigenvalue weighted by Crippen LogP contribution is -2.43. The molecule has 2 unspecified atom stereocenters. The van der Waals surface area contributed by atoms with Crippen molar-refractivity contribution in [3.63, 3.8) is 0 Å². The molecule has 5 nitrogen and oxygen atoms in total. The summed E-state index contributed by atoms with van der Waals surface area (Å²) in [7, 11) is 1.79. The lowest BCUT2D eigenvalue weighted by molar-refractivity contribution is 0.102. The van der Waals surface area contributed by atoms with Gasteiger partial charge in [-0.3, -0.25) is 0 Å². The Morgan fingerprint density at radius 2 is 2.29 bits per heavy atom. The van der Waals surface area contributed by atoms with Crippen LogP contribution in [-0.2, 0) is 0 Å². The van der Waals surface area contributed by atoms with Crippen LogP contribution in [0.3, 0.4) is 0 Å². The number of nitrogens with zero attached hydrogens (tertiary/aromatic N) is 3. The number of rotatable bonds is 2. The molecule has 0 aromatic carbocycles. The average Bonchev–Trinajstić information content (AvgIpc) is 2.32. The van der Waals surface area contributed by atoms with Crippen LogP contribution in [0.15, 0.2) is 6.33 Å². The Bertz CT molecular complexity index is 401. The number of nitrogens with one attached hydrogen (secondary N) is 1. The molecule has 2 atom stereocenters. The van der Waals surface area contributed by atoms with E-state index < -0.39 is 0 Å². The Balaban J connectivity index is 2.25. The standard InChI is InChI=1S/C11H17ClN4O/c1-7-3-4-16(5-8(7)17)11-9(13-2)10(12)14-6-15-11/h6-8,13,17H,3-5H2,1-2H3. The molecule has 0 amide bonds. The molecule has 2 rings (SSSR count). The lowest BCUT2D eigenvalue weighted by atomic mass is 9.96. The minimum Gasteiger partial charge on any atom is -0.391 e. The topological polar surface area (TPSA) is 61.3 Å². The average molecular weight is 257 g/mol. The number of β-amino-alcohol motifs (C(OH)–C–C–N with tert-alkyl or cyclic N) is 1. The maximum Gasteiger partial charge on any atom is 0.157 e. The van der Waals surface area contributed by atoms with Crippen LogP contribution < -0.4 is 10.2 Å². The van der Waals surface area contributed by atoms with Crippen molar-refractivity contribution < 1.29 is 5.11 Å². The molecule has 0 spiro atoms. The number of anilines is 2. The molecule has 0 aliphatic carbocycles. The molecule has 1 aliphatic heterocycles. The van der Waals surface area contributed by atoms with Gasteiger partial charge in [0.2, 0.25) is 0 Å². The van der Waals surface area contributed by atoms with Crippen molar-refractivity contribution in [1.29, 1.82) is 0 Å². The Kier molecular flexibility index (Phi) is 3.69. The first-order chi connectivity index (χ1) is 8.13. The molecule has 2 N–H and O–H groups in total. The van der Waals surface area contributed by atoms with Crippen molar-refractivity contribution in [1.82, 2.24) is 9.97 Å². The fourth-order valence-corrected chi connectivity index (χ4v) is 2.27. The number of hydrogen-bond donors (Lipinski definition) is 2. The zero-order chi connectivity index (χ0) is 12.4. The zero-order valence-corrected chi connectivity index (χ0v) is 10.8. The molecular formula is C11H17ClN4O. The molecule has 0 bridgehead atoms. The van der Waals surface area contributed by atoms with Gasteiger partial charge in [-0.25, -0.2) is 9.97 Å². The molecule has 1 fully saturated rings. The van der Waals surface area contributed by atoms with Crippen LogP contribution >= 0.6 is 11.6 Å². The molecule has 1 aromatic heterocycles. The summed E-state index contributed by atoms with van der Waals surface area (Å²) < 4.78 is 0.